The summed E-state index contributed by atoms with van der Waals surface area (Å²) in [6.45, 7) is 16.5. The van der Waals surface area contributed by atoms with Crippen LogP contribution in [0.3, 0.4) is 0 Å². The van der Waals surface area contributed by atoms with Gasteiger partial charge in [0.05, 0.1) is 30.8 Å². The molecule has 3 fully saturated rings. The van der Waals surface area contributed by atoms with Crippen LogP contribution in [0, 0.1) is 11.8 Å². The molecule has 1 N–H and O–H groups in total. The molecule has 3 aliphatic heterocycles. The Labute approximate surface area is 445 Å². The van der Waals surface area contributed by atoms with E-state index in [1.54, 1.807) is 53.6 Å². The number of cyclic esters (lactones) is 1. The van der Waals surface area contributed by atoms with Crippen molar-refractivity contribution in [1.82, 2.24) is 9.80 Å². The number of methoxy groups -OCH3 is 3. The zero-order valence-electron chi connectivity index (χ0n) is 47.1. The van der Waals surface area contributed by atoms with Gasteiger partial charge < -0.3 is 66.8 Å². The predicted octanol–water partition coefficient (Wildman–Crippen LogP) is 5.54. The Hall–Kier alpha value is -3.83. The molecule has 0 radical (unpaired) electrons. The summed E-state index contributed by atoms with van der Waals surface area (Å²) in [7, 11) is 7.99. The summed E-state index contributed by atoms with van der Waals surface area (Å²) >= 11 is 0. The second-order valence-electron chi connectivity index (χ2n) is 20.9. The third-order valence-electron chi connectivity index (χ3n) is 14.5. The van der Waals surface area contributed by atoms with Crippen LogP contribution in [0.4, 0.5) is 0 Å². The molecule has 3 saturated heterocycles. The van der Waals surface area contributed by atoms with Crippen molar-refractivity contribution in [3.63, 3.8) is 0 Å². The lowest BCUT2D eigenvalue weighted by molar-refractivity contribution is -0.345. The van der Waals surface area contributed by atoms with Gasteiger partial charge in [-0.3, -0.25) is 28.9 Å². The molecule has 16 atom stereocenters. The summed E-state index contributed by atoms with van der Waals surface area (Å²) < 4.78 is 74.4. The molecule has 4 rings (SSSR count). The van der Waals surface area contributed by atoms with E-state index in [1.165, 1.54) is 40.7 Å². The van der Waals surface area contributed by atoms with Crippen LogP contribution in [0.1, 0.15) is 126 Å². The molecular formula is C55H90N2O18. The van der Waals surface area contributed by atoms with E-state index >= 15 is 0 Å². The van der Waals surface area contributed by atoms with Crippen LogP contribution in [-0.2, 0) is 87.2 Å². The molecule has 0 spiro atoms. The molecule has 3 aliphatic rings. The highest BCUT2D eigenvalue weighted by Crippen LogP contribution is 2.40. The summed E-state index contributed by atoms with van der Waals surface area (Å²) in [5.41, 5.74) is -0.0825. The summed E-state index contributed by atoms with van der Waals surface area (Å²) in [5.74, 6) is -3.71. The average molecular weight is 1070 g/mol. The highest BCUT2D eigenvalue weighted by Gasteiger charge is 2.55. The molecule has 0 amide bonds. The molecule has 0 unspecified atom stereocenters. The van der Waals surface area contributed by atoms with Crippen molar-refractivity contribution in [3.8, 4) is 0 Å². The van der Waals surface area contributed by atoms with E-state index in [0.717, 1.165) is 19.3 Å². The van der Waals surface area contributed by atoms with E-state index in [2.05, 4.69) is 17.0 Å². The molecule has 3 heterocycles. The van der Waals surface area contributed by atoms with Gasteiger partial charge in [-0.25, -0.2) is 0 Å². The first-order chi connectivity index (χ1) is 35.6. The number of hydrogen-bond acceptors (Lipinski definition) is 20. The van der Waals surface area contributed by atoms with Crippen molar-refractivity contribution in [2.45, 2.75) is 218 Å². The van der Waals surface area contributed by atoms with Gasteiger partial charge >= 0.3 is 29.8 Å². The third-order valence-corrected chi connectivity index (χ3v) is 14.5. The largest absolute Gasteiger partial charge is 0.463 e. The zero-order valence-corrected chi connectivity index (χ0v) is 47.1. The maximum Gasteiger partial charge on any atom is 0.309 e. The monoisotopic (exact) mass is 1070 g/mol. The Morgan fingerprint density at radius 3 is 2.11 bits per heavy atom. The Morgan fingerprint density at radius 1 is 0.840 bits per heavy atom. The summed E-state index contributed by atoms with van der Waals surface area (Å²) in [6.07, 6.45) is -9.38. The SMILES string of the molecule is CCC(=O)O[C@@H]1CC(=O)O[C@H](C)CCN(CCCCc2ccccc2)C[C@H](OC(C)=O)[C@H](C)C[C@H](CC(OC)OC)[C@H](O[C@@H]2O[C@H](C)[C@@H](O[C@H]3C[C@@](C)(OC(C)=O)[C@@H](OC(=O)CC)[C@H](C)O3)[C@H](N(C)C)[C@H]2O)[C@H]1OC. The first kappa shape index (κ1) is 63.7. The first-order valence-electron chi connectivity index (χ1n) is 26.8. The predicted molar refractivity (Wildman–Crippen MR) is 274 cm³/mol. The lowest BCUT2D eigenvalue weighted by Crippen LogP contribution is -2.66. The smallest absolute Gasteiger partial charge is 0.309 e. The first-order valence-corrected chi connectivity index (χ1v) is 26.8. The van der Waals surface area contributed by atoms with Gasteiger partial charge in [0.2, 0.25) is 0 Å². The Balaban J connectivity index is 1.78. The van der Waals surface area contributed by atoms with E-state index in [-0.39, 0.29) is 38.0 Å². The van der Waals surface area contributed by atoms with Crippen molar-refractivity contribution >= 4 is 29.8 Å². The number of esters is 5. The van der Waals surface area contributed by atoms with E-state index in [9.17, 15) is 29.1 Å². The Kier molecular flexibility index (Phi) is 26.3. The summed E-state index contributed by atoms with van der Waals surface area (Å²) in [6, 6.07) is 9.47. The molecule has 20 heteroatoms. The Bertz CT molecular complexity index is 1910. The van der Waals surface area contributed by atoms with Crippen molar-refractivity contribution in [2.24, 2.45) is 11.8 Å². The van der Waals surface area contributed by atoms with Gasteiger partial charge in [0, 0.05) is 73.9 Å². The highest BCUT2D eigenvalue weighted by atomic mass is 16.7. The second-order valence-corrected chi connectivity index (χ2v) is 20.9. The number of likely N-dealkylation sites (N-methyl/N-ethyl adjacent to an activating group) is 1. The minimum absolute atomic E-state index is 0.00697. The molecule has 75 heavy (non-hydrogen) atoms. The van der Waals surface area contributed by atoms with Crippen LogP contribution in [-0.4, -0.2) is 191 Å². The number of carbonyl (C=O) groups excluding carboxylic acids is 5. The van der Waals surface area contributed by atoms with Crippen molar-refractivity contribution in [1.29, 1.82) is 0 Å². The van der Waals surface area contributed by atoms with Crippen LogP contribution in [0.15, 0.2) is 30.3 Å². The molecule has 0 aliphatic carbocycles. The topological polar surface area (TPSA) is 223 Å². The number of nitrogens with zero attached hydrogens (tertiary/aromatic N) is 2. The number of aliphatic hydroxyl groups is 1. The molecule has 1 aromatic carbocycles. The number of carbonyl (C=O) groups is 5. The molecule has 428 valence electrons. The number of rotatable bonds is 21. The van der Waals surface area contributed by atoms with Crippen LogP contribution in [0.5, 0.6) is 0 Å². The summed E-state index contributed by atoms with van der Waals surface area (Å²) in [5, 5.41) is 12.6. The van der Waals surface area contributed by atoms with Gasteiger partial charge in [-0.15, -0.1) is 0 Å². The molecular weight excluding hydrogens is 977 g/mol. The van der Waals surface area contributed by atoms with Gasteiger partial charge in [-0.2, -0.15) is 0 Å². The molecule has 1 aromatic rings. The molecule has 0 aromatic heterocycles. The molecule has 20 nitrogen and oxygen atoms in total. The number of aryl methyl sites for hydroxylation is 1. The number of hydrogen-bond donors (Lipinski definition) is 1. The fourth-order valence-electron chi connectivity index (χ4n) is 10.7. The Morgan fingerprint density at radius 2 is 1.51 bits per heavy atom. The van der Waals surface area contributed by atoms with Crippen LogP contribution in [0.2, 0.25) is 0 Å². The maximum atomic E-state index is 14.0. The van der Waals surface area contributed by atoms with Crippen LogP contribution in [0.25, 0.3) is 0 Å². The van der Waals surface area contributed by atoms with Crippen LogP contribution < -0.4 is 0 Å². The standard InChI is InChI=1S/C55H90N2O18/c1-15-43(60)71-41-30-45(62)67-34(4)25-27-57(26-21-20-24-39-22-18-17-19-23-39)32-42(70-37(7)58)33(3)28-40(29-46(64-12)65-13)51(52(41)66-14)74-54-49(63)48(56(10)11)50(35(5)69-54)73-47-31-55(9,75-38(8)59)53(36(6)68-47)72-44(61)16-2/h17-19,22-23,33-36,40-42,46-54,63H,15-16,20-21,24-32H2,1-14H3/t33-,34-,35-,36+,40-,41-,42+,47+,48-,49-,50-,51+,52+,53+,54+,55-/m1/s1. The van der Waals surface area contributed by atoms with Gasteiger partial charge in [0.15, 0.2) is 30.6 Å². The minimum Gasteiger partial charge on any atom is -0.463 e. The van der Waals surface area contributed by atoms with E-state index in [1.807, 2.05) is 32.0 Å². The average Bonchev–Trinajstić information content (AvgIpc) is 3.34. The number of aliphatic hydroxyl groups excluding tert-OH is 1. The van der Waals surface area contributed by atoms with Crippen molar-refractivity contribution < 1.29 is 85.9 Å². The quantitative estimate of drug-likeness (QED) is 0.0691. The molecule has 0 bridgehead atoms. The van der Waals surface area contributed by atoms with Gasteiger partial charge in [-0.1, -0.05) is 51.1 Å². The highest BCUT2D eigenvalue weighted by molar-refractivity contribution is 5.73. The lowest BCUT2D eigenvalue weighted by Gasteiger charge is -2.51. The zero-order chi connectivity index (χ0) is 55.6. The van der Waals surface area contributed by atoms with E-state index < -0.39 is 127 Å². The van der Waals surface area contributed by atoms with E-state index in [0.29, 0.717) is 32.5 Å². The fraction of sp³-hybridized carbons (Fsp3) is 0.800. The lowest BCUT2D eigenvalue weighted by atomic mass is 9.81. The second kappa shape index (κ2) is 30.9. The number of benzene rings is 1. The van der Waals surface area contributed by atoms with Crippen molar-refractivity contribution in [2.75, 3.05) is 55.1 Å². The maximum absolute atomic E-state index is 14.0. The minimum atomic E-state index is -1.43. The van der Waals surface area contributed by atoms with E-state index in [4.69, 9.17) is 56.8 Å². The third kappa shape index (κ3) is 19.2. The molecule has 0 saturated carbocycles. The normalized spacial score (nSPS) is 33.7. The van der Waals surface area contributed by atoms with Gasteiger partial charge in [0.1, 0.15) is 36.6 Å². The number of ether oxygens (including phenoxy) is 12. The van der Waals surface area contributed by atoms with Gasteiger partial charge in [-0.05, 0) is 97.8 Å². The number of unbranched alkanes of at least 4 members (excludes halogenated alkanes) is 1. The van der Waals surface area contributed by atoms with Gasteiger partial charge in [0.25, 0.3) is 0 Å². The van der Waals surface area contributed by atoms with Crippen molar-refractivity contribution in [3.05, 3.63) is 35.9 Å². The summed E-state index contributed by atoms with van der Waals surface area (Å²) in [4.78, 5) is 69.3. The van der Waals surface area contributed by atoms with Crippen LogP contribution >= 0.6 is 0 Å². The fourth-order valence-corrected chi connectivity index (χ4v) is 10.7.